The van der Waals surface area contributed by atoms with E-state index in [0.29, 0.717) is 27.3 Å². The van der Waals surface area contributed by atoms with Gasteiger partial charge in [-0.05, 0) is 63.5 Å². The number of amides is 1. The van der Waals surface area contributed by atoms with Crippen LogP contribution in [0.15, 0.2) is 36.4 Å². The number of aromatic nitrogens is 1. The lowest BCUT2D eigenvalue weighted by Gasteiger charge is -2.21. The fourth-order valence-electron chi connectivity index (χ4n) is 2.77. The minimum atomic E-state index is -0.188. The average Bonchev–Trinajstić information content (AvgIpc) is 3.07. The molecule has 0 N–H and O–H groups in total. The van der Waals surface area contributed by atoms with Crippen molar-refractivity contribution in [3.63, 3.8) is 0 Å². The molecule has 0 spiro atoms. The van der Waals surface area contributed by atoms with Gasteiger partial charge in [0.2, 0.25) is 0 Å². The summed E-state index contributed by atoms with van der Waals surface area (Å²) >= 11 is 13.7. The molecule has 3 aromatic rings. The van der Waals surface area contributed by atoms with Crippen LogP contribution >= 0.6 is 46.9 Å². The summed E-state index contributed by atoms with van der Waals surface area (Å²) in [6.45, 7) is 1.39. The quantitative estimate of drug-likeness (QED) is 0.445. The number of fused-ring (bicyclic) bond motifs is 1. The number of carbonyl (C=O) groups is 1. The highest BCUT2D eigenvalue weighted by molar-refractivity contribution is 7.22. The maximum absolute atomic E-state index is 13.3. The first-order valence-electron chi connectivity index (χ1n) is 8.75. The van der Waals surface area contributed by atoms with Gasteiger partial charge in [0, 0.05) is 11.6 Å². The molecule has 3 rings (SSSR count). The van der Waals surface area contributed by atoms with E-state index in [-0.39, 0.29) is 18.3 Å². The van der Waals surface area contributed by atoms with Crippen LogP contribution in [0.1, 0.15) is 16.8 Å². The zero-order valence-electron chi connectivity index (χ0n) is 16.3. The Bertz CT molecular complexity index is 994. The predicted octanol–water partition coefficient (Wildman–Crippen LogP) is 5.63. The van der Waals surface area contributed by atoms with Gasteiger partial charge in [-0.1, -0.05) is 34.5 Å². The van der Waals surface area contributed by atoms with Crippen LogP contribution in [0, 0.1) is 0 Å². The van der Waals surface area contributed by atoms with Crippen molar-refractivity contribution in [3.8, 4) is 5.75 Å². The first-order valence-corrected chi connectivity index (χ1v) is 10.3. The highest BCUT2D eigenvalue weighted by Gasteiger charge is 2.23. The van der Waals surface area contributed by atoms with Gasteiger partial charge < -0.3 is 9.64 Å². The Labute approximate surface area is 190 Å². The fourth-order valence-corrected chi connectivity index (χ4v) is 4.28. The predicted molar refractivity (Wildman–Crippen MR) is 125 cm³/mol. The highest BCUT2D eigenvalue weighted by atomic mass is 35.5. The smallest absolute Gasteiger partial charge is 0.261 e. The molecule has 0 atom stereocenters. The van der Waals surface area contributed by atoms with Crippen molar-refractivity contribution in [3.05, 3.63) is 52.0 Å². The van der Waals surface area contributed by atoms with Crippen LogP contribution in [0.25, 0.3) is 10.2 Å². The molecule has 1 aromatic heterocycles. The van der Waals surface area contributed by atoms with Crippen molar-refractivity contribution >= 4 is 68.2 Å². The fraction of sp³-hybridized carbons (Fsp3) is 0.300. The van der Waals surface area contributed by atoms with Crippen molar-refractivity contribution in [2.24, 2.45) is 0 Å². The Balaban J connectivity index is 0.00000300. The van der Waals surface area contributed by atoms with Gasteiger partial charge in [0.05, 0.1) is 27.9 Å². The van der Waals surface area contributed by atoms with Gasteiger partial charge in [-0.3, -0.25) is 9.69 Å². The van der Waals surface area contributed by atoms with Crippen molar-refractivity contribution in [1.82, 2.24) is 9.88 Å². The third-order valence-corrected chi connectivity index (χ3v) is 5.80. The number of ether oxygens (including phenoxy) is 1. The Morgan fingerprint density at radius 2 is 1.90 bits per heavy atom. The van der Waals surface area contributed by atoms with Crippen LogP contribution in [0.5, 0.6) is 5.75 Å². The molecule has 1 amide bonds. The molecular formula is C20H22Cl3N3O2S. The van der Waals surface area contributed by atoms with Gasteiger partial charge in [-0.2, -0.15) is 0 Å². The van der Waals surface area contributed by atoms with Crippen LogP contribution in [0.4, 0.5) is 5.13 Å². The zero-order chi connectivity index (χ0) is 20.3. The summed E-state index contributed by atoms with van der Waals surface area (Å²) in [4.78, 5) is 21.7. The molecule has 0 bridgehead atoms. The van der Waals surface area contributed by atoms with Crippen LogP contribution in [-0.2, 0) is 0 Å². The lowest BCUT2D eigenvalue weighted by atomic mass is 10.2. The summed E-state index contributed by atoms with van der Waals surface area (Å²) in [7, 11) is 5.64. The highest BCUT2D eigenvalue weighted by Crippen LogP contribution is 2.33. The van der Waals surface area contributed by atoms with Crippen LogP contribution in [0.2, 0.25) is 10.0 Å². The van der Waals surface area contributed by atoms with E-state index in [2.05, 4.69) is 9.88 Å². The maximum Gasteiger partial charge on any atom is 0.261 e. The zero-order valence-corrected chi connectivity index (χ0v) is 19.5. The van der Waals surface area contributed by atoms with Crippen molar-refractivity contribution in [1.29, 1.82) is 0 Å². The first kappa shape index (κ1) is 23.7. The van der Waals surface area contributed by atoms with Crippen molar-refractivity contribution < 1.29 is 9.53 Å². The normalized spacial score (nSPS) is 10.8. The van der Waals surface area contributed by atoms with Gasteiger partial charge in [-0.25, -0.2) is 4.98 Å². The van der Waals surface area contributed by atoms with E-state index < -0.39 is 0 Å². The molecule has 0 radical (unpaired) electrons. The monoisotopic (exact) mass is 473 g/mol. The van der Waals surface area contributed by atoms with Gasteiger partial charge in [-0.15, -0.1) is 12.4 Å². The second-order valence-corrected chi connectivity index (χ2v) is 8.42. The Kier molecular flexibility index (Phi) is 8.55. The molecular weight excluding hydrogens is 453 g/mol. The second-order valence-electron chi connectivity index (χ2n) is 6.57. The molecule has 0 aliphatic rings. The number of thiazole rings is 1. The molecule has 29 heavy (non-hydrogen) atoms. The molecule has 0 saturated carbocycles. The summed E-state index contributed by atoms with van der Waals surface area (Å²) in [6, 6.07) is 10.6. The summed E-state index contributed by atoms with van der Waals surface area (Å²) in [5.74, 6) is 0.570. The number of rotatable bonds is 7. The van der Waals surface area contributed by atoms with E-state index in [9.17, 15) is 4.79 Å². The van der Waals surface area contributed by atoms with Gasteiger partial charge >= 0.3 is 0 Å². The van der Waals surface area contributed by atoms with E-state index in [1.807, 2.05) is 32.3 Å². The molecule has 2 aromatic carbocycles. The molecule has 0 unspecified atom stereocenters. The number of halogens is 3. The van der Waals surface area contributed by atoms with Gasteiger partial charge in [0.25, 0.3) is 5.91 Å². The molecule has 156 valence electrons. The van der Waals surface area contributed by atoms with Gasteiger partial charge in [0.15, 0.2) is 5.13 Å². The van der Waals surface area contributed by atoms with Crippen molar-refractivity contribution in [2.75, 3.05) is 39.2 Å². The van der Waals surface area contributed by atoms with E-state index in [1.165, 1.54) is 11.3 Å². The molecule has 1 heterocycles. The Morgan fingerprint density at radius 1 is 1.14 bits per heavy atom. The molecule has 0 aliphatic heterocycles. The van der Waals surface area contributed by atoms with E-state index in [0.717, 1.165) is 28.9 Å². The van der Waals surface area contributed by atoms with E-state index >= 15 is 0 Å². The number of anilines is 1. The third kappa shape index (κ3) is 5.74. The Morgan fingerprint density at radius 3 is 2.55 bits per heavy atom. The van der Waals surface area contributed by atoms with E-state index in [4.69, 9.17) is 27.9 Å². The number of hydrogen-bond donors (Lipinski definition) is 0. The third-order valence-electron chi connectivity index (χ3n) is 4.21. The summed E-state index contributed by atoms with van der Waals surface area (Å²) < 4.78 is 6.25. The summed E-state index contributed by atoms with van der Waals surface area (Å²) in [5, 5.41) is 1.46. The average molecular weight is 475 g/mol. The maximum atomic E-state index is 13.3. The molecule has 0 fully saturated rings. The number of methoxy groups -OCH3 is 1. The van der Waals surface area contributed by atoms with Crippen LogP contribution in [-0.4, -0.2) is 50.1 Å². The van der Waals surface area contributed by atoms with E-state index in [1.54, 1.807) is 30.2 Å². The number of benzene rings is 2. The molecule has 5 nitrogen and oxygen atoms in total. The number of nitrogens with zero attached hydrogens (tertiary/aromatic N) is 3. The minimum Gasteiger partial charge on any atom is -0.497 e. The van der Waals surface area contributed by atoms with Crippen molar-refractivity contribution in [2.45, 2.75) is 6.42 Å². The largest absolute Gasteiger partial charge is 0.497 e. The molecule has 9 heteroatoms. The molecule has 0 aliphatic carbocycles. The standard InChI is InChI=1S/C20H21Cl2N3O2S.ClH/c1-24(2)9-4-10-25(19(26)15-7-5-13(21)11-16(15)22)20-23-17-8-6-14(27-3)12-18(17)28-20;/h5-8,11-12H,4,9-10H2,1-3H3;1H. The summed E-state index contributed by atoms with van der Waals surface area (Å²) in [6.07, 6.45) is 0.809. The van der Waals surface area contributed by atoms with Gasteiger partial charge in [0.1, 0.15) is 5.75 Å². The van der Waals surface area contributed by atoms with Crippen LogP contribution < -0.4 is 9.64 Å². The van der Waals surface area contributed by atoms with Crippen LogP contribution in [0.3, 0.4) is 0 Å². The first-order chi connectivity index (χ1) is 13.4. The summed E-state index contributed by atoms with van der Waals surface area (Å²) in [5.41, 5.74) is 1.24. The lowest BCUT2D eigenvalue weighted by molar-refractivity contribution is 0.0986. The minimum absolute atomic E-state index is 0. The molecule has 0 saturated heterocycles. The Hall–Kier alpha value is -1.57. The second kappa shape index (κ2) is 10.5. The topological polar surface area (TPSA) is 45.7 Å². The SMILES string of the molecule is COc1ccc2nc(N(CCCN(C)C)C(=O)c3ccc(Cl)cc3Cl)sc2c1.Cl. The number of hydrogen-bond acceptors (Lipinski definition) is 5. The number of carbonyl (C=O) groups excluding carboxylic acids is 1. The lowest BCUT2D eigenvalue weighted by Crippen LogP contribution is -2.33.